The van der Waals surface area contributed by atoms with E-state index in [1.807, 2.05) is 6.07 Å². The number of hydrogen-bond donors (Lipinski definition) is 3. The molecule has 0 unspecified atom stereocenters. The van der Waals surface area contributed by atoms with Gasteiger partial charge in [-0.2, -0.15) is 0 Å². The molecule has 1 heterocycles. The summed E-state index contributed by atoms with van der Waals surface area (Å²) >= 11 is 0. The summed E-state index contributed by atoms with van der Waals surface area (Å²) in [5.74, 6) is 0.103. The highest BCUT2D eigenvalue weighted by Crippen LogP contribution is 2.36. The Morgan fingerprint density at radius 2 is 1.83 bits per heavy atom. The van der Waals surface area contributed by atoms with Gasteiger partial charge in [-0.25, -0.2) is 0 Å². The molecule has 0 saturated heterocycles. The van der Waals surface area contributed by atoms with Crippen molar-refractivity contribution in [2.75, 3.05) is 6.54 Å². The first-order valence-corrected chi connectivity index (χ1v) is 10.8. The fourth-order valence-corrected chi connectivity index (χ4v) is 4.23. The smallest absolute Gasteiger partial charge is 0.250 e. The minimum Gasteiger partial charge on any atom is -0.366 e. The van der Waals surface area contributed by atoms with Crippen molar-refractivity contribution >= 4 is 16.8 Å². The van der Waals surface area contributed by atoms with Crippen molar-refractivity contribution in [2.24, 2.45) is 5.73 Å². The molecule has 0 radical (unpaired) electrons. The number of aromatic nitrogens is 1. The van der Waals surface area contributed by atoms with Gasteiger partial charge >= 0.3 is 0 Å². The molecule has 1 amide bonds. The fraction of sp³-hybridized carbons (Fsp3) is 0.400. The Bertz CT molecular complexity index is 967. The van der Waals surface area contributed by atoms with Gasteiger partial charge in [0.2, 0.25) is 0 Å². The Labute approximate surface area is 173 Å². The summed E-state index contributed by atoms with van der Waals surface area (Å²) in [6, 6.07) is 12.6. The zero-order valence-corrected chi connectivity index (χ0v) is 17.8. The van der Waals surface area contributed by atoms with Crippen LogP contribution in [0.15, 0.2) is 42.6 Å². The summed E-state index contributed by atoms with van der Waals surface area (Å²) in [5, 5.41) is 4.50. The summed E-state index contributed by atoms with van der Waals surface area (Å²) in [6.45, 7) is 8.33. The lowest BCUT2D eigenvalue weighted by molar-refractivity contribution is 0.100. The van der Waals surface area contributed by atoms with Gasteiger partial charge in [0, 0.05) is 18.1 Å². The van der Waals surface area contributed by atoms with Crippen molar-refractivity contribution in [1.29, 1.82) is 0 Å². The first kappa shape index (κ1) is 21.1. The maximum Gasteiger partial charge on any atom is 0.250 e. The van der Waals surface area contributed by atoms with Crippen molar-refractivity contribution in [3.63, 3.8) is 0 Å². The highest BCUT2D eigenvalue weighted by molar-refractivity contribution is 6.07. The van der Waals surface area contributed by atoms with E-state index in [4.69, 9.17) is 5.73 Å². The van der Waals surface area contributed by atoms with Gasteiger partial charge in [0.15, 0.2) is 0 Å². The largest absolute Gasteiger partial charge is 0.366 e. The summed E-state index contributed by atoms with van der Waals surface area (Å²) in [5.41, 5.74) is 11.9. The minimum atomic E-state index is -0.392. The number of nitrogens with two attached hydrogens (primary N) is 1. The number of carbonyl (C=O) groups excluding carboxylic acids is 1. The normalized spacial score (nSPS) is 11.4. The number of aromatic amines is 1. The molecule has 154 valence electrons. The van der Waals surface area contributed by atoms with Gasteiger partial charge in [0.1, 0.15) is 0 Å². The van der Waals surface area contributed by atoms with Crippen molar-refractivity contribution < 1.29 is 4.79 Å². The average molecular weight is 392 g/mol. The second-order valence-electron chi connectivity index (χ2n) is 7.81. The summed E-state index contributed by atoms with van der Waals surface area (Å²) in [7, 11) is 0. The average Bonchev–Trinajstić information content (AvgIpc) is 3.15. The quantitative estimate of drug-likeness (QED) is 0.413. The third-order valence-corrected chi connectivity index (χ3v) is 5.64. The first-order valence-electron chi connectivity index (χ1n) is 10.8. The van der Waals surface area contributed by atoms with Crippen LogP contribution in [0.2, 0.25) is 0 Å². The highest BCUT2D eigenvalue weighted by Gasteiger charge is 2.19. The fourth-order valence-electron chi connectivity index (χ4n) is 4.23. The molecule has 4 nitrogen and oxygen atoms in total. The van der Waals surface area contributed by atoms with E-state index in [2.05, 4.69) is 67.6 Å². The molecule has 0 atom stereocenters. The number of hydrogen-bond acceptors (Lipinski definition) is 2. The van der Waals surface area contributed by atoms with Gasteiger partial charge in [0.05, 0.1) is 11.1 Å². The van der Waals surface area contributed by atoms with Gasteiger partial charge in [-0.15, -0.1) is 0 Å². The van der Waals surface area contributed by atoms with Crippen molar-refractivity contribution in [1.82, 2.24) is 10.3 Å². The van der Waals surface area contributed by atoms with Crippen LogP contribution in [0.5, 0.6) is 0 Å². The lowest BCUT2D eigenvalue weighted by Gasteiger charge is -2.15. The summed E-state index contributed by atoms with van der Waals surface area (Å²) < 4.78 is 0. The molecule has 0 saturated carbocycles. The van der Waals surface area contributed by atoms with Crippen LogP contribution >= 0.6 is 0 Å². The topological polar surface area (TPSA) is 70.9 Å². The molecule has 0 bridgehead atoms. The maximum absolute atomic E-state index is 12.2. The van der Waals surface area contributed by atoms with Gasteiger partial charge in [-0.3, -0.25) is 4.79 Å². The highest BCUT2D eigenvalue weighted by atomic mass is 16.1. The van der Waals surface area contributed by atoms with E-state index in [1.165, 1.54) is 11.1 Å². The number of amides is 1. The lowest BCUT2D eigenvalue weighted by Crippen LogP contribution is -2.12. The molecule has 1 aromatic heterocycles. The molecule has 3 aromatic rings. The molecule has 0 aliphatic heterocycles. The van der Waals surface area contributed by atoms with E-state index in [1.54, 1.807) is 0 Å². The van der Waals surface area contributed by atoms with Crippen LogP contribution in [0.25, 0.3) is 22.0 Å². The van der Waals surface area contributed by atoms with Gasteiger partial charge in [0.25, 0.3) is 5.91 Å². The third-order valence-electron chi connectivity index (χ3n) is 5.64. The number of H-pyrrole nitrogens is 1. The number of nitrogens with one attached hydrogen (secondary N) is 2. The van der Waals surface area contributed by atoms with Gasteiger partial charge in [-0.1, -0.05) is 51.8 Å². The number of primary amides is 1. The number of fused-ring (bicyclic) bond motifs is 1. The lowest BCUT2D eigenvalue weighted by atomic mass is 9.88. The Morgan fingerprint density at radius 3 is 2.48 bits per heavy atom. The Kier molecular flexibility index (Phi) is 7.10. The van der Waals surface area contributed by atoms with Crippen molar-refractivity contribution in [2.45, 2.75) is 58.9 Å². The predicted molar refractivity (Wildman–Crippen MR) is 122 cm³/mol. The molecule has 0 spiro atoms. The van der Waals surface area contributed by atoms with Crippen LogP contribution in [-0.4, -0.2) is 17.4 Å². The van der Waals surface area contributed by atoms with Crippen LogP contribution in [0.3, 0.4) is 0 Å². The molecule has 29 heavy (non-hydrogen) atoms. The number of rotatable bonds is 10. The summed E-state index contributed by atoms with van der Waals surface area (Å²) in [6.07, 6.45) is 6.67. The molecule has 3 rings (SSSR count). The van der Waals surface area contributed by atoms with E-state index in [0.29, 0.717) is 11.5 Å². The monoisotopic (exact) mass is 391 g/mol. The third kappa shape index (κ3) is 4.70. The van der Waals surface area contributed by atoms with Crippen LogP contribution in [0.4, 0.5) is 0 Å². The summed E-state index contributed by atoms with van der Waals surface area (Å²) in [4.78, 5) is 15.6. The Hall–Kier alpha value is -2.59. The van der Waals surface area contributed by atoms with Crippen molar-refractivity contribution in [3.05, 3.63) is 59.3 Å². The zero-order chi connectivity index (χ0) is 20.8. The molecule has 4 heteroatoms. The van der Waals surface area contributed by atoms with E-state index in [-0.39, 0.29) is 0 Å². The van der Waals surface area contributed by atoms with E-state index in [0.717, 1.165) is 60.8 Å². The number of benzene rings is 2. The second kappa shape index (κ2) is 9.75. The Balaban J connectivity index is 2.13. The van der Waals surface area contributed by atoms with Crippen LogP contribution in [0, 0.1) is 0 Å². The Morgan fingerprint density at radius 1 is 1.07 bits per heavy atom. The van der Waals surface area contributed by atoms with Crippen molar-refractivity contribution in [3.8, 4) is 11.1 Å². The maximum atomic E-state index is 12.2. The minimum absolute atomic E-state index is 0.392. The standard InChI is InChI=1S/C25H33N3O/c1-4-8-18(9-5-2)23-16-28-24-21(23)13-20(14-22(24)25(26)29)19-11-7-10-17(12-19)15-27-6-3/h7,10-14,16,18,27-28H,4-6,8-9,15H2,1-3H3,(H2,26,29). The van der Waals surface area contributed by atoms with Crippen LogP contribution in [-0.2, 0) is 6.54 Å². The van der Waals surface area contributed by atoms with E-state index < -0.39 is 5.91 Å². The molecular formula is C25H33N3O. The molecule has 2 aromatic carbocycles. The zero-order valence-electron chi connectivity index (χ0n) is 17.8. The van der Waals surface area contributed by atoms with Crippen LogP contribution in [0.1, 0.15) is 73.9 Å². The molecular weight excluding hydrogens is 358 g/mol. The second-order valence-corrected chi connectivity index (χ2v) is 7.81. The van der Waals surface area contributed by atoms with Crippen LogP contribution < -0.4 is 11.1 Å². The molecule has 4 N–H and O–H groups in total. The molecule has 0 aliphatic rings. The van der Waals surface area contributed by atoms with E-state index >= 15 is 0 Å². The SMILES string of the molecule is CCCC(CCC)c1c[nH]c2c(C(N)=O)cc(-c3cccc(CNCC)c3)cc12. The molecule has 0 aliphatic carbocycles. The van der Waals surface area contributed by atoms with Gasteiger partial charge < -0.3 is 16.0 Å². The van der Waals surface area contributed by atoms with Gasteiger partial charge in [-0.05, 0) is 65.8 Å². The van der Waals surface area contributed by atoms with E-state index in [9.17, 15) is 4.79 Å². The first-order chi connectivity index (χ1) is 14.1. The number of carbonyl (C=O) groups is 1. The predicted octanol–water partition coefficient (Wildman–Crippen LogP) is 5.73. The molecule has 0 fully saturated rings.